The molecule has 0 spiro atoms. The molecule has 0 amide bonds. The van der Waals surface area contributed by atoms with Crippen LogP contribution in [0.1, 0.15) is 18.1 Å². The van der Waals surface area contributed by atoms with Gasteiger partial charge in [-0.2, -0.15) is 0 Å². The van der Waals surface area contributed by atoms with Crippen LogP contribution in [-0.4, -0.2) is 11.7 Å². The predicted octanol–water partition coefficient (Wildman–Crippen LogP) is 1.16. The van der Waals surface area contributed by atoms with Crippen LogP contribution in [0.5, 0.6) is 0 Å². The molecule has 0 aliphatic heterocycles. The maximum atomic E-state index is 9.76. The zero-order valence-corrected chi connectivity index (χ0v) is 7.54. The zero-order chi connectivity index (χ0) is 9.19. The summed E-state index contributed by atoms with van der Waals surface area (Å²) in [6.45, 7) is 3.98. The largest absolute Gasteiger partial charge is 0.384 e. The molecule has 1 rings (SSSR count). The molecule has 3 N–H and O–H groups in total. The van der Waals surface area contributed by atoms with Crippen LogP contribution >= 0.6 is 0 Å². The number of nitrogens with two attached hydrogens (primary N) is 1. The molecule has 0 bridgehead atoms. The molecule has 66 valence electrons. The van der Waals surface area contributed by atoms with E-state index in [4.69, 9.17) is 5.73 Å². The standard InChI is InChI=1S/C10H15NO/c1-8-3-5-9(6-4-8)10(2,12)7-11/h3-6,12H,7,11H2,1-2H3. The van der Waals surface area contributed by atoms with Crippen LogP contribution in [0.25, 0.3) is 0 Å². The van der Waals surface area contributed by atoms with Crippen LogP contribution < -0.4 is 5.73 Å². The molecule has 1 aromatic rings. The molecule has 0 aliphatic carbocycles. The van der Waals surface area contributed by atoms with E-state index in [1.165, 1.54) is 5.56 Å². The van der Waals surface area contributed by atoms with E-state index in [-0.39, 0.29) is 6.54 Å². The average Bonchev–Trinajstić information content (AvgIpc) is 2.05. The minimum atomic E-state index is -0.895. The molecule has 0 radical (unpaired) electrons. The first kappa shape index (κ1) is 9.23. The second-order valence-corrected chi connectivity index (χ2v) is 3.34. The highest BCUT2D eigenvalue weighted by molar-refractivity contribution is 5.26. The normalized spacial score (nSPS) is 15.7. The smallest absolute Gasteiger partial charge is 0.0990 e. The number of benzene rings is 1. The number of hydrogen-bond acceptors (Lipinski definition) is 2. The maximum absolute atomic E-state index is 9.76. The Balaban J connectivity index is 2.96. The van der Waals surface area contributed by atoms with E-state index >= 15 is 0 Å². The van der Waals surface area contributed by atoms with Gasteiger partial charge in [-0.25, -0.2) is 0 Å². The third-order valence-corrected chi connectivity index (χ3v) is 2.07. The summed E-state index contributed by atoms with van der Waals surface area (Å²) in [4.78, 5) is 0. The van der Waals surface area contributed by atoms with E-state index in [1.807, 2.05) is 31.2 Å². The molecular formula is C10H15NO. The highest BCUT2D eigenvalue weighted by Gasteiger charge is 2.19. The topological polar surface area (TPSA) is 46.2 Å². The first-order valence-electron chi connectivity index (χ1n) is 4.06. The van der Waals surface area contributed by atoms with Gasteiger partial charge in [0.05, 0.1) is 5.60 Å². The Morgan fingerprint density at radius 2 is 1.83 bits per heavy atom. The van der Waals surface area contributed by atoms with E-state index < -0.39 is 5.60 Å². The highest BCUT2D eigenvalue weighted by Crippen LogP contribution is 2.18. The summed E-state index contributed by atoms with van der Waals surface area (Å²) in [5, 5.41) is 9.76. The lowest BCUT2D eigenvalue weighted by Crippen LogP contribution is -2.31. The van der Waals surface area contributed by atoms with Gasteiger partial charge in [0.25, 0.3) is 0 Å². The number of aliphatic hydroxyl groups is 1. The van der Waals surface area contributed by atoms with E-state index in [9.17, 15) is 5.11 Å². The number of hydrogen-bond donors (Lipinski definition) is 2. The molecule has 0 fully saturated rings. The van der Waals surface area contributed by atoms with Crippen molar-refractivity contribution in [3.63, 3.8) is 0 Å². The summed E-state index contributed by atoms with van der Waals surface area (Å²) >= 11 is 0. The lowest BCUT2D eigenvalue weighted by molar-refractivity contribution is 0.0668. The van der Waals surface area contributed by atoms with Crippen LogP contribution in [0.2, 0.25) is 0 Å². The minimum absolute atomic E-state index is 0.246. The van der Waals surface area contributed by atoms with E-state index in [0.29, 0.717) is 0 Å². The Morgan fingerprint density at radius 3 is 2.25 bits per heavy atom. The molecule has 0 heterocycles. The summed E-state index contributed by atoms with van der Waals surface area (Å²) in [6.07, 6.45) is 0. The number of aryl methyl sites for hydroxylation is 1. The van der Waals surface area contributed by atoms with Crippen LogP contribution in [0.4, 0.5) is 0 Å². The molecule has 2 nitrogen and oxygen atoms in total. The Labute approximate surface area is 73.0 Å². The molecule has 0 aromatic heterocycles. The van der Waals surface area contributed by atoms with E-state index in [2.05, 4.69) is 0 Å². The van der Waals surface area contributed by atoms with Gasteiger partial charge >= 0.3 is 0 Å². The molecule has 1 atom stereocenters. The van der Waals surface area contributed by atoms with Crippen LogP contribution in [0, 0.1) is 6.92 Å². The lowest BCUT2D eigenvalue weighted by Gasteiger charge is -2.21. The third kappa shape index (κ3) is 1.84. The van der Waals surface area contributed by atoms with Gasteiger partial charge in [0.15, 0.2) is 0 Å². The maximum Gasteiger partial charge on any atom is 0.0990 e. The van der Waals surface area contributed by atoms with Gasteiger partial charge in [-0.3, -0.25) is 0 Å². The van der Waals surface area contributed by atoms with Crippen molar-refractivity contribution in [1.29, 1.82) is 0 Å². The van der Waals surface area contributed by atoms with Crippen molar-refractivity contribution >= 4 is 0 Å². The Bertz CT molecular complexity index is 251. The summed E-state index contributed by atoms with van der Waals surface area (Å²) < 4.78 is 0. The fourth-order valence-corrected chi connectivity index (χ4v) is 1.03. The first-order chi connectivity index (χ1) is 5.56. The van der Waals surface area contributed by atoms with Crippen LogP contribution in [-0.2, 0) is 5.60 Å². The molecule has 1 aromatic carbocycles. The fourth-order valence-electron chi connectivity index (χ4n) is 1.03. The van der Waals surface area contributed by atoms with Crippen molar-refractivity contribution in [3.05, 3.63) is 35.4 Å². The molecule has 2 heteroatoms. The molecule has 0 aliphatic rings. The molecule has 1 unspecified atom stereocenters. The lowest BCUT2D eigenvalue weighted by atomic mass is 9.96. The Kier molecular flexibility index (Phi) is 2.50. The molecular weight excluding hydrogens is 150 g/mol. The van der Waals surface area contributed by atoms with Gasteiger partial charge in [-0.1, -0.05) is 29.8 Å². The third-order valence-electron chi connectivity index (χ3n) is 2.07. The van der Waals surface area contributed by atoms with Crippen molar-refractivity contribution in [2.75, 3.05) is 6.54 Å². The SMILES string of the molecule is Cc1ccc(C(C)(O)CN)cc1. The van der Waals surface area contributed by atoms with Gasteiger partial charge in [-0.05, 0) is 19.4 Å². The van der Waals surface area contributed by atoms with Crippen molar-refractivity contribution in [2.24, 2.45) is 5.73 Å². The Morgan fingerprint density at radius 1 is 1.33 bits per heavy atom. The van der Waals surface area contributed by atoms with Crippen LogP contribution in [0.3, 0.4) is 0 Å². The molecule has 12 heavy (non-hydrogen) atoms. The van der Waals surface area contributed by atoms with Crippen molar-refractivity contribution < 1.29 is 5.11 Å². The van der Waals surface area contributed by atoms with E-state index in [0.717, 1.165) is 5.56 Å². The van der Waals surface area contributed by atoms with Gasteiger partial charge in [0.1, 0.15) is 0 Å². The second-order valence-electron chi connectivity index (χ2n) is 3.34. The van der Waals surface area contributed by atoms with Crippen molar-refractivity contribution in [2.45, 2.75) is 19.4 Å². The van der Waals surface area contributed by atoms with Gasteiger partial charge in [-0.15, -0.1) is 0 Å². The fraction of sp³-hybridized carbons (Fsp3) is 0.400. The van der Waals surface area contributed by atoms with Gasteiger partial charge in [0, 0.05) is 6.54 Å². The monoisotopic (exact) mass is 165 g/mol. The highest BCUT2D eigenvalue weighted by atomic mass is 16.3. The molecule has 0 saturated carbocycles. The van der Waals surface area contributed by atoms with Crippen molar-refractivity contribution in [1.82, 2.24) is 0 Å². The van der Waals surface area contributed by atoms with E-state index in [1.54, 1.807) is 6.92 Å². The quantitative estimate of drug-likeness (QED) is 0.690. The van der Waals surface area contributed by atoms with Crippen LogP contribution in [0.15, 0.2) is 24.3 Å². The summed E-state index contributed by atoms with van der Waals surface area (Å²) in [5.74, 6) is 0. The first-order valence-corrected chi connectivity index (χ1v) is 4.06. The summed E-state index contributed by atoms with van der Waals surface area (Å²) in [6, 6.07) is 7.75. The van der Waals surface area contributed by atoms with Gasteiger partial charge < -0.3 is 10.8 Å². The molecule has 0 saturated heterocycles. The second kappa shape index (κ2) is 3.25. The van der Waals surface area contributed by atoms with Gasteiger partial charge in [0.2, 0.25) is 0 Å². The summed E-state index contributed by atoms with van der Waals surface area (Å²) in [7, 11) is 0. The summed E-state index contributed by atoms with van der Waals surface area (Å²) in [5.41, 5.74) is 6.59. The Hall–Kier alpha value is -0.860. The predicted molar refractivity (Wildman–Crippen MR) is 49.8 cm³/mol. The zero-order valence-electron chi connectivity index (χ0n) is 7.54. The minimum Gasteiger partial charge on any atom is -0.384 e. The number of rotatable bonds is 2. The average molecular weight is 165 g/mol. The van der Waals surface area contributed by atoms with Crippen molar-refractivity contribution in [3.8, 4) is 0 Å².